The van der Waals surface area contributed by atoms with Crippen LogP contribution in [0.1, 0.15) is 11.1 Å². The van der Waals surface area contributed by atoms with E-state index in [1.807, 2.05) is 0 Å². The van der Waals surface area contributed by atoms with Gasteiger partial charge in [0.2, 0.25) is 0 Å². The molecule has 5 heteroatoms. The van der Waals surface area contributed by atoms with Crippen molar-refractivity contribution in [2.45, 2.75) is 0 Å². The molecule has 1 N–H and O–H groups in total. The molecule has 0 fully saturated rings. The van der Waals surface area contributed by atoms with Crippen LogP contribution in [0, 0.1) is 17.1 Å². The monoisotopic (exact) mass is 198 g/mol. The smallest absolute Gasteiger partial charge is 0.151 e. The lowest BCUT2D eigenvalue weighted by Crippen LogP contribution is -1.93. The van der Waals surface area contributed by atoms with Crippen LogP contribution >= 0.6 is 11.6 Å². The maximum atomic E-state index is 13.2. The largest absolute Gasteiger partial charge is 0.411 e. The second kappa shape index (κ2) is 3.87. The van der Waals surface area contributed by atoms with Crippen LogP contribution in [0.4, 0.5) is 4.39 Å². The third-order valence-corrected chi connectivity index (χ3v) is 1.74. The van der Waals surface area contributed by atoms with Gasteiger partial charge >= 0.3 is 0 Å². The normalized spacial score (nSPS) is 10.2. The molecule has 0 radical (unpaired) electrons. The standard InChI is InChI=1S/C8H4ClFN2O/c9-7-2-1-5(4-12-13)8(10)6(7)3-11/h1-2,4,13H/b12-4-. The molecule has 0 unspecified atom stereocenters. The second-order valence-electron chi connectivity index (χ2n) is 2.18. The van der Waals surface area contributed by atoms with Gasteiger partial charge in [-0.3, -0.25) is 0 Å². The van der Waals surface area contributed by atoms with Crippen molar-refractivity contribution in [3.05, 3.63) is 34.1 Å². The summed E-state index contributed by atoms with van der Waals surface area (Å²) in [6.45, 7) is 0. The van der Waals surface area contributed by atoms with Gasteiger partial charge in [-0.15, -0.1) is 0 Å². The van der Waals surface area contributed by atoms with Gasteiger partial charge in [0.15, 0.2) is 5.82 Å². The van der Waals surface area contributed by atoms with E-state index in [1.165, 1.54) is 12.1 Å². The fourth-order valence-electron chi connectivity index (χ4n) is 0.833. The van der Waals surface area contributed by atoms with Gasteiger partial charge in [0.25, 0.3) is 0 Å². The molecule has 0 bridgehead atoms. The first-order valence-corrected chi connectivity index (χ1v) is 3.64. The number of rotatable bonds is 1. The van der Waals surface area contributed by atoms with Gasteiger partial charge in [0.1, 0.15) is 11.6 Å². The lowest BCUT2D eigenvalue weighted by Gasteiger charge is -1.99. The highest BCUT2D eigenvalue weighted by atomic mass is 35.5. The van der Waals surface area contributed by atoms with Gasteiger partial charge in [0, 0.05) is 5.56 Å². The highest BCUT2D eigenvalue weighted by Gasteiger charge is 2.10. The molecule has 3 nitrogen and oxygen atoms in total. The third kappa shape index (κ3) is 1.76. The van der Waals surface area contributed by atoms with E-state index in [0.717, 1.165) is 6.21 Å². The minimum atomic E-state index is -0.784. The molecule has 0 saturated heterocycles. The van der Waals surface area contributed by atoms with Gasteiger partial charge in [-0.1, -0.05) is 16.8 Å². The second-order valence-corrected chi connectivity index (χ2v) is 2.59. The van der Waals surface area contributed by atoms with E-state index in [9.17, 15) is 4.39 Å². The summed E-state index contributed by atoms with van der Waals surface area (Å²) in [5.41, 5.74) is -0.234. The highest BCUT2D eigenvalue weighted by Crippen LogP contribution is 2.20. The van der Waals surface area contributed by atoms with Crippen LogP contribution in [0.25, 0.3) is 0 Å². The first-order chi connectivity index (χ1) is 6.20. The Kier molecular flexibility index (Phi) is 2.83. The third-order valence-electron chi connectivity index (χ3n) is 1.43. The molecular formula is C8H4ClFN2O. The fourth-order valence-corrected chi connectivity index (χ4v) is 1.02. The Hall–Kier alpha value is -1.60. The van der Waals surface area contributed by atoms with Crippen molar-refractivity contribution in [2.75, 3.05) is 0 Å². The first-order valence-electron chi connectivity index (χ1n) is 3.26. The summed E-state index contributed by atoms with van der Waals surface area (Å²) in [6, 6.07) is 4.29. The predicted octanol–water partition coefficient (Wildman–Crippen LogP) is 2.16. The zero-order valence-corrected chi connectivity index (χ0v) is 7.09. The van der Waals surface area contributed by atoms with Gasteiger partial charge < -0.3 is 5.21 Å². The van der Waals surface area contributed by atoms with Crippen molar-refractivity contribution in [1.82, 2.24) is 0 Å². The molecule has 0 atom stereocenters. The molecule has 0 spiro atoms. The molecule has 0 saturated carbocycles. The van der Waals surface area contributed by atoms with E-state index in [4.69, 9.17) is 22.1 Å². The number of nitrogens with zero attached hydrogens (tertiary/aromatic N) is 2. The summed E-state index contributed by atoms with van der Waals surface area (Å²) in [6.07, 6.45) is 0.895. The van der Waals surface area contributed by atoms with Crippen LogP contribution in [0.15, 0.2) is 17.3 Å². The predicted molar refractivity (Wildman–Crippen MR) is 45.5 cm³/mol. The zero-order valence-electron chi connectivity index (χ0n) is 6.33. The highest BCUT2D eigenvalue weighted by molar-refractivity contribution is 6.31. The zero-order chi connectivity index (χ0) is 9.84. The van der Waals surface area contributed by atoms with Gasteiger partial charge in [-0.2, -0.15) is 5.26 Å². The van der Waals surface area contributed by atoms with E-state index < -0.39 is 5.82 Å². The average molecular weight is 199 g/mol. The summed E-state index contributed by atoms with van der Waals surface area (Å²) in [4.78, 5) is 0. The van der Waals surface area contributed by atoms with Gasteiger partial charge in [0.05, 0.1) is 11.2 Å². The van der Waals surface area contributed by atoms with E-state index in [1.54, 1.807) is 6.07 Å². The van der Waals surface area contributed by atoms with Crippen LogP contribution in [0.3, 0.4) is 0 Å². The summed E-state index contributed by atoms with van der Waals surface area (Å²) >= 11 is 5.53. The molecule has 0 aliphatic heterocycles. The van der Waals surface area contributed by atoms with E-state index in [2.05, 4.69) is 5.16 Å². The minimum Gasteiger partial charge on any atom is -0.411 e. The Morgan fingerprint density at radius 1 is 1.62 bits per heavy atom. The number of benzene rings is 1. The van der Waals surface area contributed by atoms with E-state index in [0.29, 0.717) is 0 Å². The summed E-state index contributed by atoms with van der Waals surface area (Å²) in [5.74, 6) is -0.784. The molecule has 66 valence electrons. The Balaban J connectivity index is 3.38. The Morgan fingerprint density at radius 2 is 2.31 bits per heavy atom. The van der Waals surface area contributed by atoms with Crippen molar-refractivity contribution in [3.63, 3.8) is 0 Å². The lowest BCUT2D eigenvalue weighted by molar-refractivity contribution is 0.321. The molecule has 13 heavy (non-hydrogen) atoms. The van der Waals surface area contributed by atoms with Crippen molar-refractivity contribution >= 4 is 17.8 Å². The average Bonchev–Trinajstić information content (AvgIpc) is 2.11. The van der Waals surface area contributed by atoms with Crippen LogP contribution in [0.2, 0.25) is 5.02 Å². The van der Waals surface area contributed by atoms with Crippen LogP contribution in [-0.4, -0.2) is 11.4 Å². The Morgan fingerprint density at radius 3 is 2.85 bits per heavy atom. The van der Waals surface area contributed by atoms with Crippen molar-refractivity contribution in [1.29, 1.82) is 5.26 Å². The number of hydrogen-bond donors (Lipinski definition) is 1. The summed E-state index contributed by atoms with van der Waals surface area (Å²) in [5, 5.41) is 19.4. The maximum Gasteiger partial charge on any atom is 0.151 e. The van der Waals surface area contributed by atoms with Crippen LogP contribution in [0.5, 0.6) is 0 Å². The van der Waals surface area contributed by atoms with Crippen LogP contribution in [-0.2, 0) is 0 Å². The fraction of sp³-hybridized carbons (Fsp3) is 0. The number of halogens is 2. The number of nitriles is 1. The molecule has 0 aromatic heterocycles. The minimum absolute atomic E-state index is 0.0171. The molecule has 1 rings (SSSR count). The summed E-state index contributed by atoms with van der Waals surface area (Å²) in [7, 11) is 0. The van der Waals surface area contributed by atoms with Gasteiger partial charge in [-0.25, -0.2) is 4.39 Å². The Bertz CT molecular complexity index is 398. The molecule has 0 aliphatic rings. The van der Waals surface area contributed by atoms with E-state index >= 15 is 0 Å². The topological polar surface area (TPSA) is 56.4 Å². The van der Waals surface area contributed by atoms with Crippen molar-refractivity contribution < 1.29 is 9.60 Å². The maximum absolute atomic E-state index is 13.2. The lowest BCUT2D eigenvalue weighted by atomic mass is 10.1. The van der Waals surface area contributed by atoms with Crippen LogP contribution < -0.4 is 0 Å². The molecular weight excluding hydrogens is 195 g/mol. The first kappa shape index (κ1) is 9.49. The molecule has 1 aromatic rings. The molecule has 0 amide bonds. The molecule has 0 heterocycles. The van der Waals surface area contributed by atoms with E-state index in [-0.39, 0.29) is 16.1 Å². The van der Waals surface area contributed by atoms with Gasteiger partial charge in [-0.05, 0) is 12.1 Å². The quantitative estimate of drug-likeness (QED) is 0.427. The number of oxime groups is 1. The Labute approximate surface area is 78.7 Å². The molecule has 1 aromatic carbocycles. The summed E-state index contributed by atoms with van der Waals surface area (Å²) < 4.78 is 13.2. The van der Waals surface area contributed by atoms with Crippen molar-refractivity contribution in [3.8, 4) is 6.07 Å². The molecule has 0 aliphatic carbocycles. The van der Waals surface area contributed by atoms with Crippen molar-refractivity contribution in [2.24, 2.45) is 5.16 Å². The SMILES string of the molecule is N#Cc1c(Cl)ccc(/C=N\O)c1F. The number of hydrogen-bond acceptors (Lipinski definition) is 3.